The van der Waals surface area contributed by atoms with Gasteiger partial charge < -0.3 is 5.11 Å². The van der Waals surface area contributed by atoms with Crippen LogP contribution in [0.5, 0.6) is 0 Å². The summed E-state index contributed by atoms with van der Waals surface area (Å²) < 4.78 is 0. The van der Waals surface area contributed by atoms with Crippen LogP contribution in [0.1, 0.15) is 18.0 Å². The van der Waals surface area contributed by atoms with E-state index < -0.39 is 16.9 Å². The number of nitro groups is 1. The van der Waals surface area contributed by atoms with E-state index in [9.17, 15) is 20.0 Å². The number of carboxylic acids is 1. The lowest BCUT2D eigenvalue weighted by atomic mass is 10.0. The van der Waals surface area contributed by atoms with Gasteiger partial charge in [-0.3, -0.25) is 15.1 Å². The zero-order chi connectivity index (χ0) is 17.4. The predicted molar refractivity (Wildman–Crippen MR) is 92.3 cm³/mol. The van der Waals surface area contributed by atoms with Crippen LogP contribution >= 0.6 is 34.5 Å². The van der Waals surface area contributed by atoms with Gasteiger partial charge in [0.05, 0.1) is 21.7 Å². The number of carbonyl (C=O) groups is 1. The van der Waals surface area contributed by atoms with Crippen molar-refractivity contribution in [2.45, 2.75) is 12.5 Å². The summed E-state index contributed by atoms with van der Waals surface area (Å²) in [5.41, 5.74) is 1.05. The number of aliphatic carboxylic acids is 1. The molecule has 1 unspecified atom stereocenters. The lowest BCUT2D eigenvalue weighted by molar-refractivity contribution is -0.380. The fourth-order valence-electron chi connectivity index (χ4n) is 2.40. The van der Waals surface area contributed by atoms with Crippen LogP contribution in [0.4, 0.5) is 10.7 Å². The van der Waals surface area contributed by atoms with Crippen LogP contribution in [0, 0.1) is 10.1 Å². The second-order valence-electron chi connectivity index (χ2n) is 4.99. The quantitative estimate of drug-likeness (QED) is 0.622. The number of thiophene rings is 1. The standard InChI is InChI=1S/C14H9Cl2N3O4S/c15-8-1-2-11(9(16)4-8)18-12(5-10(17-18)14(20)21)7-3-13(19(22)23)24-6-7/h1-4,6,12H,5H2,(H,20,21). The van der Waals surface area contributed by atoms with Crippen molar-refractivity contribution < 1.29 is 14.8 Å². The Balaban J connectivity index is 2.03. The Hall–Kier alpha value is -2.16. The second kappa shape index (κ2) is 6.39. The molecule has 0 fully saturated rings. The van der Waals surface area contributed by atoms with Gasteiger partial charge >= 0.3 is 11.0 Å². The van der Waals surface area contributed by atoms with Crippen molar-refractivity contribution in [3.8, 4) is 0 Å². The first-order chi connectivity index (χ1) is 11.4. The molecule has 0 saturated carbocycles. The van der Waals surface area contributed by atoms with E-state index in [1.165, 1.54) is 17.1 Å². The predicted octanol–water partition coefficient (Wildman–Crippen LogP) is 4.36. The molecule has 7 nitrogen and oxygen atoms in total. The number of rotatable bonds is 4. The molecule has 0 radical (unpaired) electrons. The summed E-state index contributed by atoms with van der Waals surface area (Å²) in [6.07, 6.45) is 0.113. The second-order valence-corrected chi connectivity index (χ2v) is 6.72. The van der Waals surface area contributed by atoms with Gasteiger partial charge in [0.2, 0.25) is 0 Å². The Morgan fingerprint density at radius 3 is 2.75 bits per heavy atom. The fraction of sp³-hybridized carbons (Fsp3) is 0.143. The SMILES string of the molecule is O=C(O)C1=NN(c2ccc(Cl)cc2Cl)C(c2csc([N+](=O)[O-])c2)C1. The molecule has 0 aliphatic carbocycles. The third-order valence-corrected chi connectivity index (χ3v) is 4.92. The lowest BCUT2D eigenvalue weighted by Gasteiger charge is -2.23. The number of hydrazone groups is 1. The molecule has 2 aromatic rings. The minimum absolute atomic E-state index is 0.0177. The van der Waals surface area contributed by atoms with Crippen LogP contribution in [0.15, 0.2) is 34.7 Å². The van der Waals surface area contributed by atoms with E-state index >= 15 is 0 Å². The van der Waals surface area contributed by atoms with E-state index in [-0.39, 0.29) is 17.1 Å². The van der Waals surface area contributed by atoms with Crippen LogP contribution in [0.2, 0.25) is 10.0 Å². The van der Waals surface area contributed by atoms with Gasteiger partial charge in [0.25, 0.3) is 0 Å². The van der Waals surface area contributed by atoms with Crippen LogP contribution in [-0.2, 0) is 4.79 Å². The van der Waals surface area contributed by atoms with E-state index in [4.69, 9.17) is 23.2 Å². The zero-order valence-electron chi connectivity index (χ0n) is 11.8. The Morgan fingerprint density at radius 1 is 1.42 bits per heavy atom. The Labute approximate surface area is 149 Å². The van der Waals surface area contributed by atoms with Gasteiger partial charge in [-0.2, -0.15) is 5.10 Å². The van der Waals surface area contributed by atoms with E-state index in [0.29, 0.717) is 21.3 Å². The van der Waals surface area contributed by atoms with Gasteiger partial charge in [0.1, 0.15) is 5.71 Å². The summed E-state index contributed by atoms with van der Waals surface area (Å²) in [4.78, 5) is 21.7. The largest absolute Gasteiger partial charge is 0.477 e. The number of hydrogen-bond acceptors (Lipinski definition) is 6. The molecule has 1 atom stereocenters. The first-order valence-corrected chi connectivity index (χ1v) is 8.28. The third kappa shape index (κ3) is 3.08. The molecule has 24 heavy (non-hydrogen) atoms. The Bertz CT molecular complexity index is 867. The van der Waals surface area contributed by atoms with Crippen LogP contribution in [-0.4, -0.2) is 21.7 Å². The average Bonchev–Trinajstić information content (AvgIpc) is 3.13. The van der Waals surface area contributed by atoms with Crippen molar-refractivity contribution in [1.82, 2.24) is 0 Å². The van der Waals surface area contributed by atoms with Crippen LogP contribution in [0.3, 0.4) is 0 Å². The van der Waals surface area contributed by atoms with Gasteiger partial charge in [-0.25, -0.2) is 4.79 Å². The lowest BCUT2D eigenvalue weighted by Crippen LogP contribution is -2.18. The van der Waals surface area contributed by atoms with Gasteiger partial charge in [0, 0.05) is 22.9 Å². The number of hydrogen-bond donors (Lipinski definition) is 1. The molecule has 0 spiro atoms. The maximum absolute atomic E-state index is 11.3. The number of benzene rings is 1. The smallest absolute Gasteiger partial charge is 0.352 e. The molecule has 2 heterocycles. The number of anilines is 1. The summed E-state index contributed by atoms with van der Waals surface area (Å²) in [5.74, 6) is -1.14. The topological polar surface area (TPSA) is 96.0 Å². The number of nitrogens with zero attached hydrogens (tertiary/aromatic N) is 3. The average molecular weight is 386 g/mol. The number of halogens is 2. The highest BCUT2D eigenvalue weighted by atomic mass is 35.5. The Morgan fingerprint density at radius 2 is 2.17 bits per heavy atom. The molecule has 0 bridgehead atoms. The van der Waals surface area contributed by atoms with E-state index in [0.717, 1.165) is 11.3 Å². The van der Waals surface area contributed by atoms with Gasteiger partial charge in [-0.15, -0.1) is 0 Å². The molecular weight excluding hydrogens is 377 g/mol. The summed E-state index contributed by atoms with van der Waals surface area (Å²) >= 11 is 13.1. The monoisotopic (exact) mass is 385 g/mol. The molecule has 1 aromatic carbocycles. The minimum atomic E-state index is -1.14. The number of carboxylic acid groups (broad SMARTS) is 1. The summed E-state index contributed by atoms with van der Waals surface area (Å²) in [6.45, 7) is 0. The maximum Gasteiger partial charge on any atom is 0.352 e. The summed E-state index contributed by atoms with van der Waals surface area (Å²) in [5, 5.41) is 28.1. The van der Waals surface area contributed by atoms with Crippen molar-refractivity contribution in [2.75, 3.05) is 5.01 Å². The molecule has 124 valence electrons. The van der Waals surface area contributed by atoms with Gasteiger partial charge in [0.15, 0.2) is 0 Å². The third-order valence-electron chi connectivity index (χ3n) is 3.48. The summed E-state index contributed by atoms with van der Waals surface area (Å²) in [7, 11) is 0. The molecule has 1 aromatic heterocycles. The highest BCUT2D eigenvalue weighted by Gasteiger charge is 2.34. The van der Waals surface area contributed by atoms with Crippen LogP contribution < -0.4 is 5.01 Å². The molecular formula is C14H9Cl2N3O4S. The molecule has 3 rings (SSSR count). The maximum atomic E-state index is 11.3. The van der Waals surface area contributed by atoms with Crippen LogP contribution in [0.25, 0.3) is 0 Å². The highest BCUT2D eigenvalue weighted by molar-refractivity contribution is 7.13. The van der Waals surface area contributed by atoms with Crippen molar-refractivity contribution in [1.29, 1.82) is 0 Å². The van der Waals surface area contributed by atoms with Crippen molar-refractivity contribution in [3.63, 3.8) is 0 Å². The molecule has 1 aliphatic rings. The Kier molecular flexibility index (Phi) is 4.44. The van der Waals surface area contributed by atoms with E-state index in [1.54, 1.807) is 17.5 Å². The van der Waals surface area contributed by atoms with Gasteiger partial charge in [-0.1, -0.05) is 34.5 Å². The first kappa shape index (κ1) is 16.7. The fourth-order valence-corrected chi connectivity index (χ4v) is 3.66. The van der Waals surface area contributed by atoms with Crippen molar-refractivity contribution in [3.05, 3.63) is 55.4 Å². The molecule has 1 N–H and O–H groups in total. The molecule has 0 amide bonds. The molecule has 0 saturated heterocycles. The van der Waals surface area contributed by atoms with E-state index in [1.807, 2.05) is 0 Å². The molecule has 10 heteroatoms. The first-order valence-electron chi connectivity index (χ1n) is 6.64. The minimum Gasteiger partial charge on any atom is -0.477 e. The van der Waals surface area contributed by atoms with Crippen molar-refractivity contribution in [2.24, 2.45) is 5.10 Å². The van der Waals surface area contributed by atoms with Gasteiger partial charge in [-0.05, 0) is 23.8 Å². The summed E-state index contributed by atoms with van der Waals surface area (Å²) in [6, 6.07) is 5.71. The molecule has 1 aliphatic heterocycles. The normalized spacial score (nSPS) is 17.0. The zero-order valence-corrected chi connectivity index (χ0v) is 14.2. The van der Waals surface area contributed by atoms with Crippen molar-refractivity contribution >= 4 is 56.9 Å². The highest BCUT2D eigenvalue weighted by Crippen LogP contribution is 2.41. The van der Waals surface area contributed by atoms with E-state index in [2.05, 4.69) is 5.10 Å².